The molecule has 2 heterocycles. The largest absolute Gasteiger partial charge is 0.465 e. The molecular weight excluding hydrogens is 448 g/mol. The van der Waals surface area contributed by atoms with E-state index in [4.69, 9.17) is 4.74 Å². The lowest BCUT2D eigenvalue weighted by molar-refractivity contribution is 0.0728. The van der Waals surface area contributed by atoms with Gasteiger partial charge in [-0.3, -0.25) is 14.4 Å². The molecule has 4 rings (SSSR count). The molecule has 0 unspecified atom stereocenters. The van der Waals surface area contributed by atoms with Gasteiger partial charge in [-0.15, -0.1) is 0 Å². The molecule has 1 aromatic heterocycles. The first-order chi connectivity index (χ1) is 17.0. The van der Waals surface area contributed by atoms with E-state index in [1.807, 2.05) is 60.7 Å². The topological polar surface area (TPSA) is 105 Å². The zero-order valence-corrected chi connectivity index (χ0v) is 19.3. The van der Waals surface area contributed by atoms with E-state index in [1.54, 1.807) is 10.9 Å². The highest BCUT2D eigenvalue weighted by molar-refractivity contribution is 5.98. The smallest absolute Gasteiger partial charge is 0.410 e. The predicted octanol–water partition coefficient (Wildman–Crippen LogP) is 3.90. The Morgan fingerprint density at radius 3 is 2.40 bits per heavy atom. The number of carbonyl (C=O) groups excluding carboxylic acids is 2. The molecule has 0 saturated carbocycles. The van der Waals surface area contributed by atoms with E-state index in [2.05, 4.69) is 5.10 Å². The van der Waals surface area contributed by atoms with Crippen molar-refractivity contribution in [1.29, 1.82) is 0 Å². The Hall–Kier alpha value is -4.14. The molecule has 0 spiro atoms. The maximum absolute atomic E-state index is 13.1. The molecule has 1 aliphatic heterocycles. The van der Waals surface area contributed by atoms with Crippen LogP contribution in [0.2, 0.25) is 0 Å². The highest BCUT2D eigenvalue weighted by Crippen LogP contribution is 2.19. The van der Waals surface area contributed by atoms with Crippen LogP contribution in [0.3, 0.4) is 0 Å². The van der Waals surface area contributed by atoms with Gasteiger partial charge < -0.3 is 14.7 Å². The number of ketones is 1. The minimum absolute atomic E-state index is 0.0622. The first-order valence-electron chi connectivity index (χ1n) is 11.5. The number of Topliss-reactive ketones (excluding diaryl/α,β-unsaturated/α-hetero) is 1. The van der Waals surface area contributed by atoms with Gasteiger partial charge in [-0.1, -0.05) is 60.7 Å². The summed E-state index contributed by atoms with van der Waals surface area (Å²) in [5, 5.41) is 13.8. The van der Waals surface area contributed by atoms with Crippen molar-refractivity contribution in [2.45, 2.75) is 32.0 Å². The second-order valence-corrected chi connectivity index (χ2v) is 8.53. The number of amides is 2. The molecule has 1 aliphatic rings. The van der Waals surface area contributed by atoms with Gasteiger partial charge in [0.25, 0.3) is 0 Å². The van der Waals surface area contributed by atoms with E-state index in [9.17, 15) is 19.5 Å². The van der Waals surface area contributed by atoms with Crippen LogP contribution in [-0.2, 0) is 17.9 Å². The van der Waals surface area contributed by atoms with Crippen LogP contribution in [0.4, 0.5) is 9.59 Å². The SMILES string of the molecule is O=C(CN(C[C@@H]1CCCN1C(=O)O)C(=O)OCc1ccccc1)c1cnn(Cc2ccccc2)c1. The predicted molar refractivity (Wildman–Crippen MR) is 128 cm³/mol. The fourth-order valence-electron chi connectivity index (χ4n) is 4.18. The molecule has 2 amide bonds. The van der Waals surface area contributed by atoms with Crippen molar-refractivity contribution in [3.8, 4) is 0 Å². The molecule has 1 N–H and O–H groups in total. The van der Waals surface area contributed by atoms with Crippen molar-refractivity contribution < 1.29 is 24.2 Å². The summed E-state index contributed by atoms with van der Waals surface area (Å²) in [5.41, 5.74) is 2.25. The molecule has 35 heavy (non-hydrogen) atoms. The minimum Gasteiger partial charge on any atom is -0.465 e. The van der Waals surface area contributed by atoms with Gasteiger partial charge in [-0.05, 0) is 24.0 Å². The van der Waals surface area contributed by atoms with Gasteiger partial charge in [0.05, 0.1) is 30.9 Å². The van der Waals surface area contributed by atoms with Crippen LogP contribution < -0.4 is 0 Å². The number of benzene rings is 2. The van der Waals surface area contributed by atoms with Gasteiger partial charge in [-0.25, -0.2) is 9.59 Å². The summed E-state index contributed by atoms with van der Waals surface area (Å²) in [6.07, 6.45) is 2.79. The summed E-state index contributed by atoms with van der Waals surface area (Å²) < 4.78 is 7.14. The van der Waals surface area contributed by atoms with Gasteiger partial charge in [0.1, 0.15) is 6.61 Å². The molecule has 2 aromatic carbocycles. The zero-order valence-electron chi connectivity index (χ0n) is 19.3. The van der Waals surface area contributed by atoms with Crippen molar-refractivity contribution in [3.05, 3.63) is 89.7 Å². The van der Waals surface area contributed by atoms with Crippen molar-refractivity contribution in [2.75, 3.05) is 19.6 Å². The Labute approximate surface area is 203 Å². The molecule has 182 valence electrons. The van der Waals surface area contributed by atoms with Gasteiger partial charge in [-0.2, -0.15) is 5.10 Å². The van der Waals surface area contributed by atoms with Crippen LogP contribution in [0.1, 0.15) is 34.3 Å². The molecular formula is C26H28N4O5. The van der Waals surface area contributed by atoms with E-state index in [0.717, 1.165) is 11.1 Å². The average Bonchev–Trinajstić information content (AvgIpc) is 3.53. The highest BCUT2D eigenvalue weighted by Gasteiger charge is 2.32. The van der Waals surface area contributed by atoms with Crippen molar-refractivity contribution in [1.82, 2.24) is 19.6 Å². The van der Waals surface area contributed by atoms with Crippen molar-refractivity contribution in [2.24, 2.45) is 0 Å². The molecule has 9 heteroatoms. The number of aromatic nitrogens is 2. The van der Waals surface area contributed by atoms with Crippen molar-refractivity contribution in [3.63, 3.8) is 0 Å². The highest BCUT2D eigenvalue weighted by atomic mass is 16.6. The monoisotopic (exact) mass is 476 g/mol. The normalized spacial score (nSPS) is 15.1. The third-order valence-electron chi connectivity index (χ3n) is 5.99. The summed E-state index contributed by atoms with van der Waals surface area (Å²) in [6, 6.07) is 18.6. The average molecular weight is 477 g/mol. The quantitative estimate of drug-likeness (QED) is 0.470. The number of carbonyl (C=O) groups is 3. The Bertz CT molecular complexity index is 1150. The van der Waals surface area contributed by atoms with E-state index < -0.39 is 12.2 Å². The van der Waals surface area contributed by atoms with Crippen LogP contribution in [0.15, 0.2) is 73.1 Å². The molecule has 1 saturated heterocycles. The lowest BCUT2D eigenvalue weighted by Gasteiger charge is -2.28. The molecule has 1 atom stereocenters. The fraction of sp³-hybridized carbons (Fsp3) is 0.308. The Morgan fingerprint density at radius 2 is 1.71 bits per heavy atom. The van der Waals surface area contributed by atoms with Gasteiger partial charge >= 0.3 is 12.2 Å². The lowest BCUT2D eigenvalue weighted by Crippen LogP contribution is -2.46. The van der Waals surface area contributed by atoms with Crippen LogP contribution in [-0.4, -0.2) is 68.3 Å². The first kappa shape index (κ1) is 24.0. The summed E-state index contributed by atoms with van der Waals surface area (Å²) >= 11 is 0. The van der Waals surface area contributed by atoms with E-state index in [1.165, 1.54) is 16.0 Å². The lowest BCUT2D eigenvalue weighted by atomic mass is 10.2. The summed E-state index contributed by atoms with van der Waals surface area (Å²) in [5.74, 6) is -0.291. The number of hydrogen-bond acceptors (Lipinski definition) is 5. The number of carboxylic acid groups (broad SMARTS) is 1. The molecule has 0 aliphatic carbocycles. The standard InChI is InChI=1S/C26H28N4O5/c31-24(22-14-27-29(16-22)15-20-8-3-1-4-9-20)18-28(17-23-12-7-13-30(23)25(32)33)26(34)35-19-21-10-5-2-6-11-21/h1-6,8-11,14,16,23H,7,12-13,15,17-19H2,(H,32,33)/t23-/m0/s1. The van der Waals surface area contributed by atoms with E-state index in [-0.39, 0.29) is 31.5 Å². The number of nitrogens with zero attached hydrogens (tertiary/aromatic N) is 4. The van der Waals surface area contributed by atoms with E-state index in [0.29, 0.717) is 31.5 Å². The van der Waals surface area contributed by atoms with Crippen LogP contribution in [0.5, 0.6) is 0 Å². The maximum atomic E-state index is 13.1. The van der Waals surface area contributed by atoms with Gasteiger partial charge in [0.15, 0.2) is 5.78 Å². The maximum Gasteiger partial charge on any atom is 0.410 e. The third-order valence-corrected chi connectivity index (χ3v) is 5.99. The Kier molecular flexibility index (Phi) is 7.77. The van der Waals surface area contributed by atoms with Gasteiger partial charge in [0, 0.05) is 19.3 Å². The summed E-state index contributed by atoms with van der Waals surface area (Å²) in [7, 11) is 0. The summed E-state index contributed by atoms with van der Waals surface area (Å²) in [6.45, 7) is 0.852. The summed E-state index contributed by atoms with van der Waals surface area (Å²) in [4.78, 5) is 40.2. The van der Waals surface area contributed by atoms with E-state index >= 15 is 0 Å². The second kappa shape index (κ2) is 11.3. The fourth-order valence-corrected chi connectivity index (χ4v) is 4.18. The van der Waals surface area contributed by atoms with Crippen molar-refractivity contribution >= 4 is 18.0 Å². The Morgan fingerprint density at radius 1 is 1.03 bits per heavy atom. The number of ether oxygens (including phenoxy) is 1. The van der Waals surface area contributed by atoms with Gasteiger partial charge in [0.2, 0.25) is 0 Å². The molecule has 0 bridgehead atoms. The van der Waals surface area contributed by atoms with Crippen LogP contribution in [0, 0.1) is 0 Å². The molecule has 9 nitrogen and oxygen atoms in total. The molecule has 1 fully saturated rings. The third kappa shape index (κ3) is 6.47. The zero-order chi connectivity index (χ0) is 24.6. The number of hydrogen-bond donors (Lipinski definition) is 1. The molecule has 0 radical (unpaired) electrons. The van der Waals surface area contributed by atoms with Crippen LogP contribution in [0.25, 0.3) is 0 Å². The second-order valence-electron chi connectivity index (χ2n) is 8.53. The first-order valence-corrected chi connectivity index (χ1v) is 11.5. The Balaban J connectivity index is 1.44. The number of likely N-dealkylation sites (tertiary alicyclic amines) is 1. The van der Waals surface area contributed by atoms with Crippen LogP contribution >= 0.6 is 0 Å². The number of rotatable bonds is 9. The molecule has 3 aromatic rings. The minimum atomic E-state index is -1.03.